The zero-order valence-corrected chi connectivity index (χ0v) is 19.6. The average molecular weight is 480 g/mol. The molecule has 0 atom stereocenters. The summed E-state index contributed by atoms with van der Waals surface area (Å²) >= 11 is 12.6. The quantitative estimate of drug-likeness (QED) is 0.239. The summed E-state index contributed by atoms with van der Waals surface area (Å²) in [7, 11) is 0. The second-order valence-corrected chi connectivity index (χ2v) is 9.32. The van der Waals surface area contributed by atoms with Gasteiger partial charge in [0.2, 0.25) is 0 Å². The first-order valence-electron chi connectivity index (χ1n) is 9.67. The molecule has 4 rings (SSSR count). The number of rotatable bonds is 4. The van der Waals surface area contributed by atoms with Crippen LogP contribution < -0.4 is 4.90 Å². The van der Waals surface area contributed by atoms with Crippen molar-refractivity contribution in [2.75, 3.05) is 4.90 Å². The van der Waals surface area contributed by atoms with Crippen LogP contribution in [-0.4, -0.2) is 15.3 Å². The van der Waals surface area contributed by atoms with Gasteiger partial charge >= 0.3 is 0 Å². The number of hydrogen-bond acceptors (Lipinski definition) is 6. The van der Waals surface area contributed by atoms with Crippen LogP contribution in [0.15, 0.2) is 75.8 Å². The molecule has 3 aromatic carbocycles. The van der Waals surface area contributed by atoms with Gasteiger partial charge in [0.1, 0.15) is 5.75 Å². The lowest BCUT2D eigenvalue weighted by Crippen LogP contribution is -2.27. The number of amides is 1. The molecule has 0 aliphatic carbocycles. The molecule has 0 spiro atoms. The van der Waals surface area contributed by atoms with Crippen LogP contribution in [0.4, 0.5) is 17.1 Å². The van der Waals surface area contributed by atoms with E-state index in [4.69, 9.17) is 23.8 Å². The number of thioether (sulfide) groups is 1. The number of azo groups is 1. The van der Waals surface area contributed by atoms with Crippen molar-refractivity contribution in [1.82, 2.24) is 0 Å². The van der Waals surface area contributed by atoms with Gasteiger partial charge in [0.05, 0.1) is 22.0 Å². The minimum Gasteiger partial charge on any atom is -0.507 e. The fraction of sp³-hybridized carbons (Fsp3) is 0.0833. The van der Waals surface area contributed by atoms with Crippen LogP contribution in [0.25, 0.3) is 6.08 Å². The van der Waals surface area contributed by atoms with E-state index in [-0.39, 0.29) is 11.7 Å². The number of aromatic hydroxyl groups is 1. The number of nitrogens with zero attached hydrogens (tertiary/aromatic N) is 3. The highest BCUT2D eigenvalue weighted by Gasteiger charge is 2.33. The highest BCUT2D eigenvalue weighted by molar-refractivity contribution is 8.27. The maximum absolute atomic E-state index is 13.0. The zero-order chi connectivity index (χ0) is 22.8. The standard InChI is InChI=1S/C24H18ClN3O2S2/c1-14-6-7-18(10-15(14)2)26-27-19-8-9-21(29)16(11-19)12-22-23(30)28(24(31)32-22)20-5-3-4-17(25)13-20/h3-13,29H,1-2H3/b22-12-,27-26?. The lowest BCUT2D eigenvalue weighted by Gasteiger charge is -2.14. The number of aryl methyl sites for hydroxylation is 2. The highest BCUT2D eigenvalue weighted by atomic mass is 35.5. The van der Waals surface area contributed by atoms with Crippen LogP contribution in [0.2, 0.25) is 5.02 Å². The molecule has 1 N–H and O–H groups in total. The normalized spacial score (nSPS) is 15.3. The van der Waals surface area contributed by atoms with Gasteiger partial charge in [0, 0.05) is 10.6 Å². The van der Waals surface area contributed by atoms with Crippen LogP contribution in [0.3, 0.4) is 0 Å². The van der Waals surface area contributed by atoms with Crippen molar-refractivity contribution in [3.8, 4) is 5.75 Å². The number of halogens is 1. The molecule has 0 radical (unpaired) electrons. The number of anilines is 1. The summed E-state index contributed by atoms with van der Waals surface area (Å²) in [5, 5.41) is 19.4. The second kappa shape index (κ2) is 9.24. The Kier molecular flexibility index (Phi) is 6.41. The zero-order valence-electron chi connectivity index (χ0n) is 17.2. The Morgan fingerprint density at radius 1 is 1.00 bits per heavy atom. The molecule has 0 saturated carbocycles. The first-order valence-corrected chi connectivity index (χ1v) is 11.3. The van der Waals surface area contributed by atoms with Gasteiger partial charge in [-0.05, 0) is 79.6 Å². The van der Waals surface area contributed by atoms with Crippen molar-refractivity contribution < 1.29 is 9.90 Å². The van der Waals surface area contributed by atoms with E-state index in [0.717, 1.165) is 11.3 Å². The van der Waals surface area contributed by atoms with E-state index < -0.39 is 0 Å². The number of phenols is 1. The molecule has 1 aliphatic heterocycles. The average Bonchev–Trinajstić information content (AvgIpc) is 3.04. The number of carbonyl (C=O) groups excluding carboxylic acids is 1. The highest BCUT2D eigenvalue weighted by Crippen LogP contribution is 2.38. The van der Waals surface area contributed by atoms with Crippen molar-refractivity contribution in [2.24, 2.45) is 10.2 Å². The van der Waals surface area contributed by atoms with E-state index >= 15 is 0 Å². The van der Waals surface area contributed by atoms with Crippen molar-refractivity contribution >= 4 is 68.9 Å². The lowest BCUT2D eigenvalue weighted by molar-refractivity contribution is -0.113. The smallest absolute Gasteiger partial charge is 0.270 e. The molecular formula is C24H18ClN3O2S2. The van der Waals surface area contributed by atoms with Crippen LogP contribution in [0.1, 0.15) is 16.7 Å². The molecule has 5 nitrogen and oxygen atoms in total. The van der Waals surface area contributed by atoms with E-state index in [1.807, 2.05) is 32.0 Å². The van der Waals surface area contributed by atoms with Crippen molar-refractivity contribution in [3.63, 3.8) is 0 Å². The molecule has 3 aromatic rings. The molecule has 0 unspecified atom stereocenters. The number of hydrogen-bond donors (Lipinski definition) is 1. The largest absolute Gasteiger partial charge is 0.507 e. The molecular weight excluding hydrogens is 462 g/mol. The number of phenolic OH excluding ortho intramolecular Hbond substituents is 1. The summed E-state index contributed by atoms with van der Waals surface area (Å²) in [6.45, 7) is 4.06. The predicted octanol–water partition coefficient (Wildman–Crippen LogP) is 7.48. The van der Waals surface area contributed by atoms with Gasteiger partial charge in [0.15, 0.2) is 4.32 Å². The molecule has 1 amide bonds. The van der Waals surface area contributed by atoms with E-state index in [0.29, 0.717) is 31.2 Å². The van der Waals surface area contributed by atoms with Crippen LogP contribution in [-0.2, 0) is 4.79 Å². The monoisotopic (exact) mass is 479 g/mol. The van der Waals surface area contributed by atoms with E-state index in [1.165, 1.54) is 28.3 Å². The third-order valence-electron chi connectivity index (χ3n) is 4.93. The van der Waals surface area contributed by atoms with Gasteiger partial charge in [0.25, 0.3) is 5.91 Å². The predicted molar refractivity (Wildman–Crippen MR) is 135 cm³/mol. The second-order valence-electron chi connectivity index (χ2n) is 7.21. The SMILES string of the molecule is Cc1ccc(N=Nc2ccc(O)c(/C=C3\SC(=S)N(c4cccc(Cl)c4)C3=O)c2)cc1C. The van der Waals surface area contributed by atoms with E-state index in [9.17, 15) is 9.90 Å². The summed E-state index contributed by atoms with van der Waals surface area (Å²) < 4.78 is 0.397. The van der Waals surface area contributed by atoms with Gasteiger partial charge < -0.3 is 5.11 Å². The van der Waals surface area contributed by atoms with Gasteiger partial charge in [-0.2, -0.15) is 10.2 Å². The first kappa shape index (κ1) is 22.2. The third kappa shape index (κ3) is 4.75. The Balaban J connectivity index is 1.61. The number of carbonyl (C=O) groups is 1. The molecule has 1 fully saturated rings. The van der Waals surface area contributed by atoms with Crippen LogP contribution in [0.5, 0.6) is 5.75 Å². The van der Waals surface area contributed by atoms with Crippen LogP contribution in [0, 0.1) is 13.8 Å². The molecule has 1 heterocycles. The Hall–Kier alpha value is -3.00. The molecule has 32 heavy (non-hydrogen) atoms. The van der Waals surface area contributed by atoms with E-state index in [1.54, 1.807) is 42.5 Å². The fourth-order valence-corrected chi connectivity index (χ4v) is 4.54. The molecule has 1 saturated heterocycles. The molecule has 0 bridgehead atoms. The Morgan fingerprint density at radius 3 is 2.44 bits per heavy atom. The van der Waals surface area contributed by atoms with Gasteiger partial charge in [-0.1, -0.05) is 47.7 Å². The minimum atomic E-state index is -0.274. The van der Waals surface area contributed by atoms with Crippen molar-refractivity contribution in [2.45, 2.75) is 13.8 Å². The maximum Gasteiger partial charge on any atom is 0.270 e. The Morgan fingerprint density at radius 2 is 1.72 bits per heavy atom. The van der Waals surface area contributed by atoms with Crippen molar-refractivity contribution in [3.05, 3.63) is 87.3 Å². The van der Waals surface area contributed by atoms with E-state index in [2.05, 4.69) is 10.2 Å². The number of benzene rings is 3. The van der Waals surface area contributed by atoms with Gasteiger partial charge in [-0.3, -0.25) is 9.69 Å². The first-order chi connectivity index (χ1) is 15.3. The Bertz CT molecular complexity index is 1300. The fourth-order valence-electron chi connectivity index (χ4n) is 3.07. The molecule has 160 valence electrons. The summed E-state index contributed by atoms with van der Waals surface area (Å²) in [6.07, 6.45) is 1.61. The van der Waals surface area contributed by atoms with Crippen LogP contribution >= 0.6 is 35.6 Å². The van der Waals surface area contributed by atoms with Gasteiger partial charge in [-0.15, -0.1) is 0 Å². The Labute approximate surface area is 200 Å². The minimum absolute atomic E-state index is 0.0307. The summed E-state index contributed by atoms with van der Waals surface area (Å²) in [5.74, 6) is -0.244. The lowest BCUT2D eigenvalue weighted by atomic mass is 10.1. The topological polar surface area (TPSA) is 65.3 Å². The maximum atomic E-state index is 13.0. The molecule has 0 aromatic heterocycles. The molecule has 8 heteroatoms. The van der Waals surface area contributed by atoms with Crippen molar-refractivity contribution in [1.29, 1.82) is 0 Å². The third-order valence-corrected chi connectivity index (χ3v) is 6.47. The summed E-state index contributed by atoms with van der Waals surface area (Å²) in [5.41, 5.74) is 4.67. The van der Waals surface area contributed by atoms with Gasteiger partial charge in [-0.25, -0.2) is 0 Å². The number of thiocarbonyl (C=S) groups is 1. The summed E-state index contributed by atoms with van der Waals surface area (Å²) in [6, 6.07) is 17.7. The summed E-state index contributed by atoms with van der Waals surface area (Å²) in [4.78, 5) is 14.8. The molecule has 1 aliphatic rings.